The molecule has 2 aromatic carbocycles. The van der Waals surface area contributed by atoms with E-state index < -0.39 is 5.97 Å². The lowest BCUT2D eigenvalue weighted by atomic mass is 10.2. The summed E-state index contributed by atoms with van der Waals surface area (Å²) in [5.74, 6) is -0.682. The van der Waals surface area contributed by atoms with Crippen LogP contribution in [0.4, 0.5) is 5.69 Å². The molecule has 1 aliphatic rings. The Morgan fingerprint density at radius 3 is 2.23 bits per heavy atom. The quantitative estimate of drug-likeness (QED) is 0.588. The second-order valence-electron chi connectivity index (χ2n) is 7.06. The largest absolute Gasteiger partial charge is 0.452 e. The molecule has 1 aliphatic heterocycles. The van der Waals surface area contributed by atoms with Crippen LogP contribution in [0.25, 0.3) is 5.69 Å². The van der Waals surface area contributed by atoms with Crippen LogP contribution in [-0.2, 0) is 9.53 Å². The highest BCUT2D eigenvalue weighted by molar-refractivity contribution is 6.30. The number of carbonyl (C=O) groups excluding carboxylic acids is 2. The third-order valence-corrected chi connectivity index (χ3v) is 5.37. The van der Waals surface area contributed by atoms with Gasteiger partial charge in [-0.15, -0.1) is 0 Å². The number of halogens is 1. The summed E-state index contributed by atoms with van der Waals surface area (Å²) in [4.78, 5) is 28.6. The molecular weight excluding hydrogens is 402 g/mol. The van der Waals surface area contributed by atoms with Gasteiger partial charge in [0.1, 0.15) is 0 Å². The maximum Gasteiger partial charge on any atom is 0.338 e. The molecule has 1 amide bonds. The smallest absolute Gasteiger partial charge is 0.338 e. The van der Waals surface area contributed by atoms with Crippen molar-refractivity contribution < 1.29 is 14.3 Å². The molecule has 1 aromatic heterocycles. The lowest BCUT2D eigenvalue weighted by Crippen LogP contribution is -2.49. The molecule has 0 unspecified atom stereocenters. The summed E-state index contributed by atoms with van der Waals surface area (Å²) in [6, 6.07) is 18.6. The van der Waals surface area contributed by atoms with Crippen molar-refractivity contribution in [3.05, 3.63) is 83.6 Å². The first kappa shape index (κ1) is 20.0. The van der Waals surface area contributed by atoms with Crippen LogP contribution in [0.5, 0.6) is 0 Å². The number of amides is 1. The van der Waals surface area contributed by atoms with Gasteiger partial charge >= 0.3 is 5.97 Å². The van der Waals surface area contributed by atoms with Crippen LogP contribution in [0, 0.1) is 0 Å². The molecule has 7 heteroatoms. The van der Waals surface area contributed by atoms with Crippen LogP contribution in [0.3, 0.4) is 0 Å². The number of piperazine rings is 1. The van der Waals surface area contributed by atoms with E-state index in [1.807, 2.05) is 65.5 Å². The number of benzene rings is 2. The molecule has 0 N–H and O–H groups in total. The topological polar surface area (TPSA) is 54.8 Å². The van der Waals surface area contributed by atoms with Crippen LogP contribution < -0.4 is 4.90 Å². The molecule has 1 saturated heterocycles. The third kappa shape index (κ3) is 4.66. The highest BCUT2D eigenvalue weighted by Gasteiger charge is 2.22. The van der Waals surface area contributed by atoms with E-state index in [4.69, 9.17) is 16.3 Å². The summed E-state index contributed by atoms with van der Waals surface area (Å²) in [7, 11) is 0. The first-order valence-corrected chi connectivity index (χ1v) is 10.2. The second kappa shape index (κ2) is 9.05. The molecule has 4 rings (SSSR count). The molecule has 30 heavy (non-hydrogen) atoms. The van der Waals surface area contributed by atoms with E-state index >= 15 is 0 Å². The van der Waals surface area contributed by atoms with Crippen molar-refractivity contribution in [3.63, 3.8) is 0 Å². The van der Waals surface area contributed by atoms with E-state index in [-0.39, 0.29) is 12.5 Å². The predicted molar refractivity (Wildman–Crippen MR) is 116 cm³/mol. The third-order valence-electron chi connectivity index (χ3n) is 5.14. The fourth-order valence-corrected chi connectivity index (χ4v) is 3.65. The zero-order valence-electron chi connectivity index (χ0n) is 16.4. The van der Waals surface area contributed by atoms with Gasteiger partial charge in [-0.2, -0.15) is 0 Å². The highest BCUT2D eigenvalue weighted by atomic mass is 35.5. The highest BCUT2D eigenvalue weighted by Crippen LogP contribution is 2.21. The minimum absolute atomic E-state index is 0.182. The summed E-state index contributed by atoms with van der Waals surface area (Å²) in [6.45, 7) is 2.32. The Morgan fingerprint density at radius 1 is 0.867 bits per heavy atom. The Labute approximate surface area is 180 Å². The van der Waals surface area contributed by atoms with Crippen molar-refractivity contribution in [3.8, 4) is 5.69 Å². The van der Waals surface area contributed by atoms with E-state index in [2.05, 4.69) is 4.90 Å². The summed E-state index contributed by atoms with van der Waals surface area (Å²) in [5, 5.41) is 0.694. The Bertz CT molecular complexity index is 1010. The van der Waals surface area contributed by atoms with Crippen LogP contribution >= 0.6 is 11.6 Å². The van der Waals surface area contributed by atoms with Gasteiger partial charge in [-0.05, 0) is 54.6 Å². The van der Waals surface area contributed by atoms with Gasteiger partial charge < -0.3 is 19.1 Å². The van der Waals surface area contributed by atoms with E-state index in [0.717, 1.165) is 11.4 Å². The molecule has 0 saturated carbocycles. The number of anilines is 1. The van der Waals surface area contributed by atoms with Crippen LogP contribution in [0.15, 0.2) is 73.1 Å². The Hall–Kier alpha value is -3.25. The lowest BCUT2D eigenvalue weighted by molar-refractivity contribution is -0.134. The molecule has 2 heterocycles. The number of nitrogens with zero attached hydrogens (tertiary/aromatic N) is 3. The molecule has 0 radical (unpaired) electrons. The standard InChI is InChI=1S/C23H22ClN3O3/c24-19-4-3-5-21(16-19)26-12-14-27(15-13-26)22(28)17-30-23(29)18-6-8-20(9-7-18)25-10-1-2-11-25/h1-11,16H,12-15,17H2. The fraction of sp³-hybridized carbons (Fsp3) is 0.217. The minimum Gasteiger partial charge on any atom is -0.452 e. The van der Waals surface area contributed by atoms with Crippen molar-refractivity contribution in [1.29, 1.82) is 0 Å². The average molecular weight is 424 g/mol. The number of ether oxygens (including phenoxy) is 1. The van der Waals surface area contributed by atoms with Gasteiger partial charge in [0.15, 0.2) is 6.61 Å². The first-order chi connectivity index (χ1) is 14.6. The van der Waals surface area contributed by atoms with Crippen molar-refractivity contribution in [2.75, 3.05) is 37.7 Å². The number of esters is 1. The average Bonchev–Trinajstić information content (AvgIpc) is 3.32. The number of hydrogen-bond donors (Lipinski definition) is 0. The first-order valence-electron chi connectivity index (χ1n) is 9.79. The number of hydrogen-bond acceptors (Lipinski definition) is 4. The van der Waals surface area contributed by atoms with Gasteiger partial charge in [0.25, 0.3) is 5.91 Å². The monoisotopic (exact) mass is 423 g/mol. The molecule has 0 aliphatic carbocycles. The predicted octanol–water partition coefficient (Wildman–Crippen LogP) is 3.64. The van der Waals surface area contributed by atoms with E-state index in [1.165, 1.54) is 0 Å². The van der Waals surface area contributed by atoms with Gasteiger partial charge in [0.05, 0.1) is 5.56 Å². The summed E-state index contributed by atoms with van der Waals surface area (Å²) < 4.78 is 7.18. The lowest BCUT2D eigenvalue weighted by Gasteiger charge is -2.36. The zero-order chi connectivity index (χ0) is 20.9. The van der Waals surface area contributed by atoms with Crippen LogP contribution in [0.2, 0.25) is 5.02 Å². The molecule has 0 atom stereocenters. The van der Waals surface area contributed by atoms with Crippen LogP contribution in [-0.4, -0.2) is 54.1 Å². The number of carbonyl (C=O) groups is 2. The minimum atomic E-state index is -0.500. The van der Waals surface area contributed by atoms with E-state index in [1.54, 1.807) is 17.0 Å². The number of rotatable bonds is 5. The van der Waals surface area contributed by atoms with Crippen LogP contribution in [0.1, 0.15) is 10.4 Å². The Kier molecular flexibility index (Phi) is 6.05. The second-order valence-corrected chi connectivity index (χ2v) is 7.50. The SMILES string of the molecule is O=C(OCC(=O)N1CCN(c2cccc(Cl)c2)CC1)c1ccc(-n2cccc2)cc1. The summed E-state index contributed by atoms with van der Waals surface area (Å²) in [6.07, 6.45) is 3.86. The van der Waals surface area contributed by atoms with Crippen molar-refractivity contribution in [2.45, 2.75) is 0 Å². The Morgan fingerprint density at radius 2 is 1.57 bits per heavy atom. The van der Waals surface area contributed by atoms with E-state index in [9.17, 15) is 9.59 Å². The van der Waals surface area contributed by atoms with Crippen molar-refractivity contribution >= 4 is 29.2 Å². The van der Waals surface area contributed by atoms with E-state index in [0.29, 0.717) is 36.8 Å². The maximum atomic E-state index is 12.4. The van der Waals surface area contributed by atoms with Gasteiger partial charge in [-0.3, -0.25) is 4.79 Å². The number of aromatic nitrogens is 1. The van der Waals surface area contributed by atoms with Gasteiger partial charge in [-0.1, -0.05) is 17.7 Å². The summed E-state index contributed by atoms with van der Waals surface area (Å²) >= 11 is 6.06. The van der Waals surface area contributed by atoms with Crippen molar-refractivity contribution in [2.24, 2.45) is 0 Å². The fourth-order valence-electron chi connectivity index (χ4n) is 3.47. The molecule has 0 spiro atoms. The molecule has 1 fully saturated rings. The molecule has 6 nitrogen and oxygen atoms in total. The molecule has 3 aromatic rings. The van der Waals surface area contributed by atoms with Gasteiger partial charge in [0, 0.05) is 55.0 Å². The Balaban J connectivity index is 1.26. The molecule has 154 valence electrons. The maximum absolute atomic E-state index is 12.4. The molecule has 0 bridgehead atoms. The van der Waals surface area contributed by atoms with Gasteiger partial charge in [0.2, 0.25) is 0 Å². The molecular formula is C23H22ClN3O3. The normalized spacial score (nSPS) is 13.9. The summed E-state index contributed by atoms with van der Waals surface area (Å²) in [5.41, 5.74) is 2.42. The van der Waals surface area contributed by atoms with Gasteiger partial charge in [-0.25, -0.2) is 4.79 Å². The van der Waals surface area contributed by atoms with Crippen molar-refractivity contribution in [1.82, 2.24) is 9.47 Å². The zero-order valence-corrected chi connectivity index (χ0v) is 17.2.